The van der Waals surface area contributed by atoms with Gasteiger partial charge in [-0.05, 0) is 5.56 Å². The Morgan fingerprint density at radius 3 is 2.54 bits per heavy atom. The van der Waals surface area contributed by atoms with Gasteiger partial charge in [0.05, 0.1) is 0 Å². The molecule has 2 unspecified atom stereocenters. The molecule has 0 aromatic heterocycles. The molecule has 136 valence electrons. The molecular formula is C16H14N2O7S. The molecule has 1 aromatic carbocycles. The van der Waals surface area contributed by atoms with Crippen LogP contribution in [-0.4, -0.2) is 37.7 Å². The van der Waals surface area contributed by atoms with Crippen molar-refractivity contribution in [2.45, 2.75) is 18.4 Å². The molecule has 1 aromatic rings. The number of nitro groups is 1. The van der Waals surface area contributed by atoms with Crippen LogP contribution in [0.1, 0.15) is 12.5 Å². The van der Waals surface area contributed by atoms with Gasteiger partial charge < -0.3 is 9.84 Å². The zero-order valence-electron chi connectivity index (χ0n) is 13.5. The summed E-state index contributed by atoms with van der Waals surface area (Å²) >= 11 is 0.240. The van der Waals surface area contributed by atoms with Gasteiger partial charge in [-0.3, -0.25) is 24.7 Å². The van der Waals surface area contributed by atoms with Crippen LogP contribution in [0.3, 0.4) is 0 Å². The van der Waals surface area contributed by atoms with Gasteiger partial charge in [-0.1, -0.05) is 30.3 Å². The maximum Gasteiger partial charge on any atom is 0.351 e. The number of hydrogen-bond acceptors (Lipinski definition) is 8. The van der Waals surface area contributed by atoms with Crippen LogP contribution < -0.4 is 0 Å². The second-order valence-corrected chi connectivity index (χ2v) is 6.70. The summed E-state index contributed by atoms with van der Waals surface area (Å²) in [5.74, 6) is -4.63. The molecule has 0 saturated heterocycles. The number of aliphatic carboxylic acids is 1. The van der Waals surface area contributed by atoms with Crippen LogP contribution in [-0.2, 0) is 25.7 Å². The smallest absolute Gasteiger partial charge is 0.351 e. The van der Waals surface area contributed by atoms with E-state index in [1.807, 2.05) is 0 Å². The quantitative estimate of drug-likeness (QED) is 0.341. The molecular weight excluding hydrogens is 364 g/mol. The Hall–Kier alpha value is -3.01. The first-order valence-electron chi connectivity index (χ1n) is 7.31. The number of nitrogens with zero attached hydrogens (tertiary/aromatic N) is 2. The molecule has 2 rings (SSSR count). The van der Waals surface area contributed by atoms with Gasteiger partial charge in [0, 0.05) is 35.9 Å². The predicted octanol–water partition coefficient (Wildman–Crippen LogP) is 1.65. The van der Waals surface area contributed by atoms with Crippen LogP contribution in [0, 0.1) is 16.0 Å². The summed E-state index contributed by atoms with van der Waals surface area (Å²) in [4.78, 5) is 47.6. The third-order valence-corrected chi connectivity index (χ3v) is 4.62. The monoisotopic (exact) mass is 378 g/mol. The zero-order valence-corrected chi connectivity index (χ0v) is 14.3. The van der Waals surface area contributed by atoms with Gasteiger partial charge in [-0.25, -0.2) is 4.79 Å². The normalized spacial score (nSPS) is 21.6. The fourth-order valence-electron chi connectivity index (χ4n) is 2.39. The average Bonchev–Trinajstić information content (AvgIpc) is 2.59. The van der Waals surface area contributed by atoms with E-state index in [0.717, 1.165) is 19.2 Å². The van der Waals surface area contributed by atoms with Crippen molar-refractivity contribution in [1.29, 1.82) is 0 Å². The van der Waals surface area contributed by atoms with E-state index in [4.69, 9.17) is 4.74 Å². The molecule has 1 heterocycles. The zero-order chi connectivity index (χ0) is 19.3. The Balaban J connectivity index is 2.38. The van der Waals surface area contributed by atoms with Gasteiger partial charge in [-0.15, -0.1) is 0 Å². The number of benzene rings is 1. The molecule has 2 atom stereocenters. The molecule has 10 heteroatoms. The number of rotatable bonds is 6. The van der Waals surface area contributed by atoms with E-state index in [-0.39, 0.29) is 18.4 Å². The molecule has 1 N–H and O–H groups in total. The minimum atomic E-state index is -2.34. The number of carbonyl (C=O) groups is 3. The maximum atomic E-state index is 12.6. The minimum Gasteiger partial charge on any atom is -0.477 e. The summed E-state index contributed by atoms with van der Waals surface area (Å²) in [7, 11) is 0. The minimum absolute atomic E-state index is 0.203. The Labute approximate surface area is 151 Å². The van der Waals surface area contributed by atoms with Crippen LogP contribution >= 0.6 is 11.8 Å². The molecule has 0 saturated carbocycles. The summed E-state index contributed by atoms with van der Waals surface area (Å²) in [6, 6.07) is 8.53. The second kappa shape index (κ2) is 7.91. The van der Waals surface area contributed by atoms with Crippen LogP contribution in [0.2, 0.25) is 0 Å². The Kier molecular flexibility index (Phi) is 5.88. The molecule has 26 heavy (non-hydrogen) atoms. The number of esters is 1. The summed E-state index contributed by atoms with van der Waals surface area (Å²) in [5, 5.41) is 20.3. The van der Waals surface area contributed by atoms with Crippen molar-refractivity contribution < 1.29 is 29.2 Å². The third-order valence-electron chi connectivity index (χ3n) is 3.49. The van der Waals surface area contributed by atoms with Crippen molar-refractivity contribution in [3.8, 4) is 0 Å². The van der Waals surface area contributed by atoms with Crippen molar-refractivity contribution in [3.05, 3.63) is 58.3 Å². The molecule has 0 radical (unpaired) electrons. The van der Waals surface area contributed by atoms with Gasteiger partial charge in [0.1, 0.15) is 12.3 Å². The van der Waals surface area contributed by atoms with E-state index >= 15 is 0 Å². The number of carboxylic acids is 1. The van der Waals surface area contributed by atoms with Crippen molar-refractivity contribution in [3.63, 3.8) is 0 Å². The highest BCUT2D eigenvalue weighted by Crippen LogP contribution is 2.40. The lowest BCUT2D eigenvalue weighted by Crippen LogP contribution is -2.53. The highest BCUT2D eigenvalue weighted by Gasteiger charge is 2.60. The highest BCUT2D eigenvalue weighted by molar-refractivity contribution is 8.14. The fourth-order valence-corrected chi connectivity index (χ4v) is 3.38. The van der Waals surface area contributed by atoms with Crippen molar-refractivity contribution >= 4 is 34.5 Å². The van der Waals surface area contributed by atoms with Crippen LogP contribution in [0.4, 0.5) is 0 Å². The molecule has 1 aliphatic heterocycles. The van der Waals surface area contributed by atoms with E-state index < -0.39 is 38.5 Å². The molecule has 1 aliphatic rings. The number of aliphatic imine (C=N–C) groups is 1. The predicted molar refractivity (Wildman–Crippen MR) is 91.9 cm³/mol. The van der Waals surface area contributed by atoms with Gasteiger partial charge in [0.15, 0.2) is 11.0 Å². The SMILES string of the molecule is CC(=O)SC1([N+](=O)[O-])C=CN=C(C(=O)O)C1C(=O)OCc1ccccc1. The number of hydrogen-bond donors (Lipinski definition) is 1. The first-order valence-corrected chi connectivity index (χ1v) is 8.13. The first-order chi connectivity index (χ1) is 12.3. The number of carbonyl (C=O) groups excluding carboxylic acids is 2. The summed E-state index contributed by atoms with van der Waals surface area (Å²) in [6.45, 7) is 0.883. The largest absolute Gasteiger partial charge is 0.477 e. The van der Waals surface area contributed by atoms with E-state index in [0.29, 0.717) is 5.56 Å². The third kappa shape index (κ3) is 3.97. The Bertz CT molecular complexity index is 806. The van der Waals surface area contributed by atoms with Gasteiger partial charge in [-0.2, -0.15) is 0 Å². The van der Waals surface area contributed by atoms with Crippen LogP contribution in [0.15, 0.2) is 47.6 Å². The first kappa shape index (κ1) is 19.3. The van der Waals surface area contributed by atoms with E-state index in [2.05, 4.69) is 4.99 Å². The highest BCUT2D eigenvalue weighted by atomic mass is 32.2. The fraction of sp³-hybridized carbons (Fsp3) is 0.250. The number of ether oxygens (including phenoxy) is 1. The van der Waals surface area contributed by atoms with Gasteiger partial charge >= 0.3 is 16.8 Å². The lowest BCUT2D eigenvalue weighted by Gasteiger charge is -2.29. The van der Waals surface area contributed by atoms with Gasteiger partial charge in [0.2, 0.25) is 0 Å². The van der Waals surface area contributed by atoms with E-state index in [1.165, 1.54) is 0 Å². The molecule has 0 amide bonds. The number of thioether (sulfide) groups is 1. The molecule has 0 bridgehead atoms. The van der Waals surface area contributed by atoms with Gasteiger partial charge in [0.25, 0.3) is 0 Å². The van der Waals surface area contributed by atoms with Crippen LogP contribution in [0.25, 0.3) is 0 Å². The Morgan fingerprint density at radius 1 is 1.35 bits per heavy atom. The molecule has 9 nitrogen and oxygen atoms in total. The lowest BCUT2D eigenvalue weighted by molar-refractivity contribution is -0.528. The maximum absolute atomic E-state index is 12.6. The van der Waals surface area contributed by atoms with Crippen molar-refractivity contribution in [2.75, 3.05) is 0 Å². The molecule has 0 aliphatic carbocycles. The van der Waals surface area contributed by atoms with E-state index in [1.54, 1.807) is 30.3 Å². The molecule has 0 spiro atoms. The standard InChI is InChI=1S/C16H14N2O7S/c1-10(19)26-16(18(23)24)7-8-17-13(14(20)21)12(16)15(22)25-9-11-5-3-2-4-6-11/h2-8,12H,9H2,1H3,(H,20,21). The second-order valence-electron chi connectivity index (χ2n) is 5.26. The van der Waals surface area contributed by atoms with E-state index in [9.17, 15) is 29.6 Å². The lowest BCUT2D eigenvalue weighted by atomic mass is 9.91. The summed E-state index contributed by atoms with van der Waals surface area (Å²) < 4.78 is 5.09. The van der Waals surface area contributed by atoms with Crippen molar-refractivity contribution in [1.82, 2.24) is 0 Å². The van der Waals surface area contributed by atoms with Crippen molar-refractivity contribution in [2.24, 2.45) is 10.9 Å². The molecule has 0 fully saturated rings. The summed E-state index contributed by atoms with van der Waals surface area (Å²) in [5.41, 5.74) is -0.136. The summed E-state index contributed by atoms with van der Waals surface area (Å²) in [6.07, 6.45) is 1.84. The number of carboxylic acid groups (broad SMARTS) is 1. The average molecular weight is 378 g/mol. The van der Waals surface area contributed by atoms with Crippen LogP contribution in [0.5, 0.6) is 0 Å². The Morgan fingerprint density at radius 2 is 2.00 bits per heavy atom. The topological polar surface area (TPSA) is 136 Å².